The number of amides is 1. The van der Waals surface area contributed by atoms with E-state index in [1.807, 2.05) is 11.9 Å². The Hall–Kier alpha value is -1.35. The van der Waals surface area contributed by atoms with E-state index in [1.165, 1.54) is 31.2 Å². The molecule has 3 heteroatoms. The zero-order valence-electron chi connectivity index (χ0n) is 13.1. The Morgan fingerprint density at radius 3 is 2.62 bits per heavy atom. The molecule has 3 atom stereocenters. The first kappa shape index (κ1) is 14.6. The van der Waals surface area contributed by atoms with Crippen molar-refractivity contribution in [1.29, 1.82) is 0 Å². The maximum absolute atomic E-state index is 12.7. The van der Waals surface area contributed by atoms with Crippen LogP contribution < -0.4 is 10.2 Å². The van der Waals surface area contributed by atoms with E-state index >= 15 is 0 Å². The van der Waals surface area contributed by atoms with Gasteiger partial charge in [-0.2, -0.15) is 0 Å². The lowest BCUT2D eigenvalue weighted by Crippen LogP contribution is -2.44. The molecule has 114 valence electrons. The minimum Gasteiger partial charge on any atom is -0.314 e. The number of nitrogens with one attached hydrogen (secondary N) is 1. The van der Waals surface area contributed by atoms with Crippen molar-refractivity contribution in [1.82, 2.24) is 5.32 Å². The fourth-order valence-electron chi connectivity index (χ4n) is 3.83. The highest BCUT2D eigenvalue weighted by Gasteiger charge is 2.39. The molecule has 3 rings (SSSR count). The van der Waals surface area contributed by atoms with Crippen LogP contribution in [0.5, 0.6) is 0 Å². The van der Waals surface area contributed by atoms with Crippen LogP contribution in [0.15, 0.2) is 24.3 Å². The third-order valence-electron chi connectivity index (χ3n) is 5.22. The lowest BCUT2D eigenvalue weighted by Gasteiger charge is -2.24. The Morgan fingerprint density at radius 1 is 1.24 bits per heavy atom. The Kier molecular flexibility index (Phi) is 4.29. The fraction of sp³-hybridized carbons (Fsp3) is 0.611. The van der Waals surface area contributed by atoms with Gasteiger partial charge < -0.3 is 10.2 Å². The first-order valence-electron chi connectivity index (χ1n) is 8.31. The molecule has 1 N–H and O–H groups in total. The minimum absolute atomic E-state index is 0.00829. The average Bonchev–Trinajstić information content (AvgIpc) is 2.97. The van der Waals surface area contributed by atoms with Crippen LogP contribution in [-0.2, 0) is 11.2 Å². The highest BCUT2D eigenvalue weighted by atomic mass is 16.2. The van der Waals surface area contributed by atoms with Gasteiger partial charge in [-0.3, -0.25) is 4.79 Å². The summed E-state index contributed by atoms with van der Waals surface area (Å²) in [6.07, 6.45) is 7.22. The van der Waals surface area contributed by atoms with Gasteiger partial charge in [0.2, 0.25) is 5.91 Å². The highest BCUT2D eigenvalue weighted by molar-refractivity contribution is 5.97. The van der Waals surface area contributed by atoms with Crippen LogP contribution in [0.1, 0.15) is 44.6 Å². The molecule has 0 radical (unpaired) electrons. The van der Waals surface area contributed by atoms with E-state index in [-0.39, 0.29) is 11.9 Å². The summed E-state index contributed by atoms with van der Waals surface area (Å²) in [5.74, 6) is 0.928. The van der Waals surface area contributed by atoms with Gasteiger partial charge in [-0.1, -0.05) is 31.9 Å². The summed E-state index contributed by atoms with van der Waals surface area (Å²) in [5, 5.41) is 3.57. The maximum atomic E-state index is 12.7. The molecule has 1 heterocycles. The van der Waals surface area contributed by atoms with E-state index in [9.17, 15) is 4.79 Å². The molecule has 1 aromatic carbocycles. The second-order valence-corrected chi connectivity index (χ2v) is 6.52. The van der Waals surface area contributed by atoms with E-state index < -0.39 is 0 Å². The van der Waals surface area contributed by atoms with Crippen LogP contribution >= 0.6 is 0 Å². The van der Waals surface area contributed by atoms with Gasteiger partial charge >= 0.3 is 0 Å². The van der Waals surface area contributed by atoms with Crippen LogP contribution in [-0.4, -0.2) is 25.0 Å². The number of rotatable bonds is 3. The van der Waals surface area contributed by atoms with Gasteiger partial charge in [0.25, 0.3) is 0 Å². The third kappa shape index (κ3) is 2.98. The Labute approximate surface area is 127 Å². The molecule has 21 heavy (non-hydrogen) atoms. The number of carbonyl (C=O) groups excluding carboxylic acids is 1. The SMILES string of the molecule is CCc1ccc(N(C)C(=O)C2CC3CCCCC3N2)cc1. The summed E-state index contributed by atoms with van der Waals surface area (Å²) in [6, 6.07) is 8.91. The van der Waals surface area contributed by atoms with Crippen molar-refractivity contribution < 1.29 is 4.79 Å². The van der Waals surface area contributed by atoms with E-state index in [0.717, 1.165) is 18.5 Å². The van der Waals surface area contributed by atoms with E-state index in [0.29, 0.717) is 12.0 Å². The zero-order chi connectivity index (χ0) is 14.8. The van der Waals surface area contributed by atoms with Crippen LogP contribution in [0.2, 0.25) is 0 Å². The topological polar surface area (TPSA) is 32.3 Å². The number of nitrogens with zero attached hydrogens (tertiary/aromatic N) is 1. The van der Waals surface area contributed by atoms with E-state index in [1.54, 1.807) is 0 Å². The summed E-state index contributed by atoms with van der Waals surface area (Å²) >= 11 is 0. The number of anilines is 1. The van der Waals surface area contributed by atoms with Crippen molar-refractivity contribution in [2.75, 3.05) is 11.9 Å². The number of carbonyl (C=O) groups is 1. The molecule has 1 aromatic rings. The van der Waals surface area contributed by atoms with Crippen LogP contribution in [0.3, 0.4) is 0 Å². The molecule has 0 spiro atoms. The number of fused-ring (bicyclic) bond motifs is 1. The molecular formula is C18H26N2O. The smallest absolute Gasteiger partial charge is 0.243 e. The van der Waals surface area contributed by atoms with Crippen LogP contribution in [0.4, 0.5) is 5.69 Å². The summed E-state index contributed by atoms with van der Waals surface area (Å²) < 4.78 is 0. The standard InChI is InChI=1S/C18H26N2O/c1-3-13-8-10-15(11-9-13)20(2)18(21)17-12-14-6-4-5-7-16(14)19-17/h8-11,14,16-17,19H,3-7,12H2,1-2H3. The Balaban J connectivity index is 1.66. The van der Waals surface area contributed by atoms with E-state index in [2.05, 4.69) is 36.5 Å². The lowest BCUT2D eigenvalue weighted by molar-refractivity contribution is -0.120. The second-order valence-electron chi connectivity index (χ2n) is 6.52. The number of hydrogen-bond donors (Lipinski definition) is 1. The third-order valence-corrected chi connectivity index (χ3v) is 5.22. The van der Waals surface area contributed by atoms with Crippen molar-refractivity contribution in [2.45, 2.75) is 57.5 Å². The first-order valence-corrected chi connectivity index (χ1v) is 8.31. The van der Waals surface area contributed by atoms with Crippen molar-refractivity contribution in [3.8, 4) is 0 Å². The number of hydrogen-bond acceptors (Lipinski definition) is 2. The molecule has 2 fully saturated rings. The first-order chi connectivity index (χ1) is 10.2. The molecule has 3 unspecified atom stereocenters. The van der Waals surface area contributed by atoms with Crippen LogP contribution in [0, 0.1) is 5.92 Å². The van der Waals surface area contributed by atoms with Crippen molar-refractivity contribution in [2.24, 2.45) is 5.92 Å². The molecular weight excluding hydrogens is 260 g/mol. The zero-order valence-corrected chi connectivity index (χ0v) is 13.1. The lowest BCUT2D eigenvalue weighted by atomic mass is 9.85. The average molecular weight is 286 g/mol. The van der Waals surface area contributed by atoms with Gasteiger partial charge in [0.05, 0.1) is 6.04 Å². The maximum Gasteiger partial charge on any atom is 0.243 e. The number of benzene rings is 1. The molecule has 2 aliphatic rings. The van der Waals surface area contributed by atoms with E-state index in [4.69, 9.17) is 0 Å². The number of aryl methyl sites for hydroxylation is 1. The monoisotopic (exact) mass is 286 g/mol. The van der Waals surface area contributed by atoms with Gasteiger partial charge in [-0.25, -0.2) is 0 Å². The normalized spacial score (nSPS) is 28.2. The summed E-state index contributed by atoms with van der Waals surface area (Å²) in [5.41, 5.74) is 2.30. The van der Waals surface area contributed by atoms with Gasteiger partial charge in [0, 0.05) is 18.8 Å². The van der Waals surface area contributed by atoms with Gasteiger partial charge in [0.15, 0.2) is 0 Å². The molecule has 1 amide bonds. The molecule has 1 aliphatic heterocycles. The quantitative estimate of drug-likeness (QED) is 0.926. The van der Waals surface area contributed by atoms with Crippen molar-refractivity contribution >= 4 is 11.6 Å². The predicted octanol–water partition coefficient (Wildman–Crippen LogP) is 3.13. The van der Waals surface area contributed by atoms with Crippen molar-refractivity contribution in [3.05, 3.63) is 29.8 Å². The van der Waals surface area contributed by atoms with Crippen molar-refractivity contribution in [3.63, 3.8) is 0 Å². The molecule has 0 bridgehead atoms. The fourth-order valence-corrected chi connectivity index (χ4v) is 3.83. The molecule has 1 saturated heterocycles. The number of likely N-dealkylation sites (N-methyl/N-ethyl adjacent to an activating group) is 1. The summed E-state index contributed by atoms with van der Waals surface area (Å²) in [4.78, 5) is 14.5. The van der Waals surface area contributed by atoms with Gasteiger partial charge in [-0.15, -0.1) is 0 Å². The largest absolute Gasteiger partial charge is 0.314 e. The molecule has 3 nitrogen and oxygen atoms in total. The van der Waals surface area contributed by atoms with Gasteiger partial charge in [0.1, 0.15) is 0 Å². The molecule has 0 aromatic heterocycles. The predicted molar refractivity (Wildman–Crippen MR) is 86.5 cm³/mol. The highest BCUT2D eigenvalue weighted by Crippen LogP contribution is 2.34. The summed E-state index contributed by atoms with van der Waals surface area (Å²) in [6.45, 7) is 2.15. The summed E-state index contributed by atoms with van der Waals surface area (Å²) in [7, 11) is 1.90. The van der Waals surface area contributed by atoms with Gasteiger partial charge in [-0.05, 0) is 49.3 Å². The second kappa shape index (κ2) is 6.18. The molecule has 1 aliphatic carbocycles. The Bertz CT molecular complexity index is 482. The minimum atomic E-state index is 0.00829. The molecule has 1 saturated carbocycles. The Morgan fingerprint density at radius 2 is 1.95 bits per heavy atom. The van der Waals surface area contributed by atoms with Crippen LogP contribution in [0.25, 0.3) is 0 Å².